The number of amides is 1. The van der Waals surface area contributed by atoms with Crippen molar-refractivity contribution in [1.29, 1.82) is 0 Å². The Balaban J connectivity index is 1.82. The van der Waals surface area contributed by atoms with Crippen molar-refractivity contribution >= 4 is 34.3 Å². The monoisotopic (exact) mass is 348 g/mol. The van der Waals surface area contributed by atoms with Crippen molar-refractivity contribution in [3.8, 4) is 0 Å². The molecule has 0 radical (unpaired) electrons. The van der Waals surface area contributed by atoms with Crippen molar-refractivity contribution in [3.63, 3.8) is 0 Å². The molecule has 2 rings (SSSR count). The number of hydrogen-bond donors (Lipinski definition) is 1. The molecule has 0 fully saturated rings. The van der Waals surface area contributed by atoms with Crippen LogP contribution in [0.25, 0.3) is 0 Å². The van der Waals surface area contributed by atoms with E-state index in [0.29, 0.717) is 16.4 Å². The highest BCUT2D eigenvalue weighted by atomic mass is 32.1. The Morgan fingerprint density at radius 1 is 1.21 bits per heavy atom. The number of carbonyl (C=O) groups is 3. The van der Waals surface area contributed by atoms with Crippen molar-refractivity contribution in [2.75, 3.05) is 19.0 Å². The molecule has 1 N–H and O–H groups in total. The molecule has 8 heteroatoms. The van der Waals surface area contributed by atoms with Gasteiger partial charge in [-0.3, -0.25) is 14.9 Å². The molecule has 1 aromatic carbocycles. The van der Waals surface area contributed by atoms with Crippen molar-refractivity contribution in [1.82, 2.24) is 4.98 Å². The topological polar surface area (TPSA) is 94.6 Å². The second-order valence-corrected chi connectivity index (χ2v) is 5.75. The molecule has 1 heterocycles. The quantitative estimate of drug-likeness (QED) is 0.802. The third-order valence-corrected chi connectivity index (χ3v) is 3.78. The van der Waals surface area contributed by atoms with Gasteiger partial charge in [0.25, 0.3) is 5.91 Å². The van der Waals surface area contributed by atoms with E-state index in [1.807, 2.05) is 6.92 Å². The van der Waals surface area contributed by atoms with Gasteiger partial charge in [-0.25, -0.2) is 9.78 Å². The minimum atomic E-state index is -0.573. The summed E-state index contributed by atoms with van der Waals surface area (Å²) in [5, 5.41) is 4.48. The third kappa shape index (κ3) is 5.17. The Morgan fingerprint density at radius 2 is 1.92 bits per heavy atom. The number of anilines is 1. The molecule has 0 bridgehead atoms. The van der Waals surface area contributed by atoms with Gasteiger partial charge in [0.2, 0.25) is 0 Å². The number of nitrogens with one attached hydrogen (secondary N) is 1. The van der Waals surface area contributed by atoms with E-state index in [0.717, 1.165) is 5.56 Å². The number of aryl methyl sites for hydroxylation is 1. The maximum absolute atomic E-state index is 11.8. The Bertz CT molecular complexity index is 739. The van der Waals surface area contributed by atoms with Gasteiger partial charge in [0.1, 0.15) is 0 Å². The van der Waals surface area contributed by atoms with Crippen molar-refractivity contribution in [2.24, 2.45) is 0 Å². The largest absolute Gasteiger partial charge is 0.469 e. The predicted molar refractivity (Wildman–Crippen MR) is 87.9 cm³/mol. The fourth-order valence-corrected chi connectivity index (χ4v) is 2.45. The lowest BCUT2D eigenvalue weighted by atomic mass is 10.1. The zero-order chi connectivity index (χ0) is 17.5. The zero-order valence-electron chi connectivity index (χ0n) is 13.2. The first-order valence-electron chi connectivity index (χ1n) is 7.03. The first kappa shape index (κ1) is 17.6. The number of rotatable bonds is 6. The van der Waals surface area contributed by atoms with Gasteiger partial charge < -0.3 is 9.47 Å². The van der Waals surface area contributed by atoms with E-state index in [-0.39, 0.29) is 6.42 Å². The van der Waals surface area contributed by atoms with Crippen molar-refractivity contribution in [3.05, 3.63) is 46.5 Å². The number of benzene rings is 1. The number of hydrogen-bond acceptors (Lipinski definition) is 7. The van der Waals surface area contributed by atoms with Crippen LogP contribution in [-0.2, 0) is 25.5 Å². The van der Waals surface area contributed by atoms with Crippen molar-refractivity contribution < 1.29 is 23.9 Å². The average Bonchev–Trinajstić information content (AvgIpc) is 3.00. The molecular formula is C16H16N2O5S. The van der Waals surface area contributed by atoms with Crippen LogP contribution in [0.4, 0.5) is 5.13 Å². The summed E-state index contributed by atoms with van der Waals surface area (Å²) in [6.45, 7) is 1.49. The van der Waals surface area contributed by atoms with Gasteiger partial charge in [-0.1, -0.05) is 17.7 Å². The number of carbonyl (C=O) groups excluding carboxylic acids is 3. The summed E-state index contributed by atoms with van der Waals surface area (Å²) < 4.78 is 9.48. The summed E-state index contributed by atoms with van der Waals surface area (Å²) in [6, 6.07) is 6.84. The fourth-order valence-electron chi connectivity index (χ4n) is 1.73. The standard InChI is InChI=1S/C16H16N2O5S/c1-10-3-5-11(6-4-10)15(21)23-8-13(19)18-16-17-12(9-24-16)7-14(20)22-2/h3-6,9H,7-8H2,1-2H3,(H,17,18,19). The van der Waals surface area contributed by atoms with Gasteiger partial charge in [-0.15, -0.1) is 11.3 Å². The smallest absolute Gasteiger partial charge is 0.338 e. The SMILES string of the molecule is COC(=O)Cc1csc(NC(=O)COC(=O)c2ccc(C)cc2)n1. The zero-order valence-corrected chi connectivity index (χ0v) is 14.0. The number of thiazole rings is 1. The molecule has 2 aromatic rings. The summed E-state index contributed by atoms with van der Waals surface area (Å²) in [5.41, 5.74) is 1.90. The van der Waals surface area contributed by atoms with Crippen LogP contribution < -0.4 is 5.32 Å². The highest BCUT2D eigenvalue weighted by Crippen LogP contribution is 2.16. The maximum atomic E-state index is 11.8. The first-order valence-corrected chi connectivity index (χ1v) is 7.90. The molecule has 126 valence electrons. The lowest BCUT2D eigenvalue weighted by molar-refractivity contribution is -0.139. The van der Waals surface area contributed by atoms with Gasteiger partial charge in [0.15, 0.2) is 11.7 Å². The Hall–Kier alpha value is -2.74. The summed E-state index contributed by atoms with van der Waals surface area (Å²) >= 11 is 1.17. The molecule has 0 saturated carbocycles. The molecule has 0 saturated heterocycles. The van der Waals surface area contributed by atoms with E-state index < -0.39 is 24.5 Å². The van der Waals surface area contributed by atoms with Gasteiger partial charge >= 0.3 is 11.9 Å². The molecule has 1 amide bonds. The fraction of sp³-hybridized carbons (Fsp3) is 0.250. The molecule has 0 atom stereocenters. The molecule has 0 unspecified atom stereocenters. The first-order chi connectivity index (χ1) is 11.5. The third-order valence-electron chi connectivity index (χ3n) is 2.97. The molecule has 0 aliphatic carbocycles. The summed E-state index contributed by atoms with van der Waals surface area (Å²) in [5.74, 6) is -1.49. The van der Waals surface area contributed by atoms with Crippen LogP contribution in [0.15, 0.2) is 29.6 Å². The van der Waals surface area contributed by atoms with Gasteiger partial charge in [-0.2, -0.15) is 0 Å². The molecule has 24 heavy (non-hydrogen) atoms. The second-order valence-electron chi connectivity index (χ2n) is 4.89. The number of methoxy groups -OCH3 is 1. The second kappa shape index (κ2) is 8.21. The van der Waals surface area contributed by atoms with E-state index in [1.54, 1.807) is 29.6 Å². The molecular weight excluding hydrogens is 332 g/mol. The van der Waals surface area contributed by atoms with Crippen LogP contribution in [0.1, 0.15) is 21.6 Å². The molecule has 0 aliphatic rings. The predicted octanol–water partition coefficient (Wildman–Crippen LogP) is 1.96. The number of ether oxygens (including phenoxy) is 2. The summed E-state index contributed by atoms with van der Waals surface area (Å²) in [6.07, 6.45) is 0.0330. The van der Waals surface area contributed by atoms with Crippen molar-refractivity contribution in [2.45, 2.75) is 13.3 Å². The number of nitrogens with zero attached hydrogens (tertiary/aromatic N) is 1. The van der Waals surface area contributed by atoms with Crippen LogP contribution in [0.5, 0.6) is 0 Å². The lowest BCUT2D eigenvalue weighted by Gasteiger charge is -2.05. The number of esters is 2. The maximum Gasteiger partial charge on any atom is 0.338 e. The lowest BCUT2D eigenvalue weighted by Crippen LogP contribution is -2.21. The van der Waals surface area contributed by atoms with Gasteiger partial charge in [-0.05, 0) is 19.1 Å². The Kier molecular flexibility index (Phi) is 6.02. The molecule has 0 spiro atoms. The highest BCUT2D eigenvalue weighted by molar-refractivity contribution is 7.13. The van der Waals surface area contributed by atoms with Crippen LogP contribution in [0, 0.1) is 6.92 Å². The van der Waals surface area contributed by atoms with E-state index in [1.165, 1.54) is 18.4 Å². The van der Waals surface area contributed by atoms with Crippen LogP contribution in [0.2, 0.25) is 0 Å². The van der Waals surface area contributed by atoms with Gasteiger partial charge in [0.05, 0.1) is 24.8 Å². The van der Waals surface area contributed by atoms with Crippen LogP contribution >= 0.6 is 11.3 Å². The minimum absolute atomic E-state index is 0.0330. The van der Waals surface area contributed by atoms with Gasteiger partial charge in [0, 0.05) is 5.38 Å². The summed E-state index contributed by atoms with van der Waals surface area (Å²) in [4.78, 5) is 38.8. The van der Waals surface area contributed by atoms with E-state index in [9.17, 15) is 14.4 Å². The Morgan fingerprint density at radius 3 is 2.58 bits per heavy atom. The minimum Gasteiger partial charge on any atom is -0.469 e. The van der Waals surface area contributed by atoms with Crippen LogP contribution in [-0.4, -0.2) is 36.5 Å². The number of aromatic nitrogens is 1. The average molecular weight is 348 g/mol. The molecule has 1 aromatic heterocycles. The summed E-state index contributed by atoms with van der Waals surface area (Å²) in [7, 11) is 1.29. The van der Waals surface area contributed by atoms with E-state index >= 15 is 0 Å². The normalized spacial score (nSPS) is 10.1. The van der Waals surface area contributed by atoms with E-state index in [4.69, 9.17) is 4.74 Å². The molecule has 7 nitrogen and oxygen atoms in total. The molecule has 0 aliphatic heterocycles. The highest BCUT2D eigenvalue weighted by Gasteiger charge is 2.12. The Labute approximate surface area is 142 Å². The van der Waals surface area contributed by atoms with Crippen LogP contribution in [0.3, 0.4) is 0 Å². The van der Waals surface area contributed by atoms with E-state index in [2.05, 4.69) is 15.0 Å².